The molecule has 0 spiro atoms. The zero-order chi connectivity index (χ0) is 12.7. The minimum Gasteiger partial charge on any atom is -0.355 e. The summed E-state index contributed by atoms with van der Waals surface area (Å²) in [6.45, 7) is 0. The minimum atomic E-state index is 0.945. The first kappa shape index (κ1) is 10.6. The summed E-state index contributed by atoms with van der Waals surface area (Å²) in [5, 5.41) is 4.29. The van der Waals surface area contributed by atoms with E-state index in [1.165, 1.54) is 16.7 Å². The van der Waals surface area contributed by atoms with Crippen molar-refractivity contribution >= 4 is 0 Å². The van der Waals surface area contributed by atoms with E-state index < -0.39 is 0 Å². The van der Waals surface area contributed by atoms with Gasteiger partial charge in [0.1, 0.15) is 5.69 Å². The van der Waals surface area contributed by atoms with E-state index >= 15 is 0 Å². The van der Waals surface area contributed by atoms with Crippen LogP contribution >= 0.6 is 0 Å². The minimum absolute atomic E-state index is 0.945. The monoisotopic (exact) mass is 247 g/mol. The fraction of sp³-hybridized carbons (Fsp3) is 0.118. The average Bonchev–Trinajstić information content (AvgIpc) is 2.92. The second kappa shape index (κ2) is 4.09. The van der Waals surface area contributed by atoms with Crippen molar-refractivity contribution in [3.8, 4) is 22.6 Å². The highest BCUT2D eigenvalue weighted by atomic mass is 16.5. The van der Waals surface area contributed by atoms with Crippen LogP contribution in [0.15, 0.2) is 59.1 Å². The molecule has 2 nitrogen and oxygen atoms in total. The van der Waals surface area contributed by atoms with Gasteiger partial charge >= 0.3 is 0 Å². The van der Waals surface area contributed by atoms with Crippen LogP contribution in [-0.4, -0.2) is 5.16 Å². The quantitative estimate of drug-likeness (QED) is 0.647. The van der Waals surface area contributed by atoms with Crippen molar-refractivity contribution in [1.29, 1.82) is 0 Å². The van der Waals surface area contributed by atoms with E-state index in [9.17, 15) is 0 Å². The normalized spacial score (nSPS) is 12.8. The van der Waals surface area contributed by atoms with Gasteiger partial charge in [-0.1, -0.05) is 59.8 Å². The van der Waals surface area contributed by atoms with Crippen LogP contribution < -0.4 is 0 Å². The van der Waals surface area contributed by atoms with Crippen molar-refractivity contribution in [2.45, 2.75) is 12.8 Å². The fourth-order valence-corrected chi connectivity index (χ4v) is 2.80. The van der Waals surface area contributed by atoms with Crippen LogP contribution in [0.3, 0.4) is 0 Å². The van der Waals surface area contributed by atoms with Crippen molar-refractivity contribution in [3.05, 3.63) is 65.7 Å². The van der Waals surface area contributed by atoms with Gasteiger partial charge < -0.3 is 4.52 Å². The highest BCUT2D eigenvalue weighted by molar-refractivity contribution is 5.76. The molecule has 0 aliphatic heterocycles. The fourth-order valence-electron chi connectivity index (χ4n) is 2.80. The smallest absolute Gasteiger partial charge is 0.170 e. The molecule has 4 rings (SSSR count). The van der Waals surface area contributed by atoms with E-state index in [-0.39, 0.29) is 0 Å². The maximum absolute atomic E-state index is 5.62. The summed E-state index contributed by atoms with van der Waals surface area (Å²) in [5.41, 5.74) is 5.91. The molecular weight excluding hydrogens is 234 g/mol. The largest absolute Gasteiger partial charge is 0.355 e. The summed E-state index contributed by atoms with van der Waals surface area (Å²) in [6, 6.07) is 18.7. The Morgan fingerprint density at radius 1 is 0.842 bits per heavy atom. The van der Waals surface area contributed by atoms with Gasteiger partial charge in [-0.25, -0.2) is 0 Å². The lowest BCUT2D eigenvalue weighted by atomic mass is 9.88. The molecule has 0 saturated heterocycles. The predicted molar refractivity (Wildman–Crippen MR) is 74.8 cm³/mol. The van der Waals surface area contributed by atoms with Crippen LogP contribution in [-0.2, 0) is 12.8 Å². The Kier molecular flexibility index (Phi) is 2.27. The maximum atomic E-state index is 5.62. The van der Waals surface area contributed by atoms with Crippen LogP contribution in [0.5, 0.6) is 0 Å². The Morgan fingerprint density at radius 2 is 1.63 bits per heavy atom. The lowest BCUT2D eigenvalue weighted by molar-refractivity contribution is 0.433. The molecule has 0 fully saturated rings. The lowest BCUT2D eigenvalue weighted by Gasteiger charge is -2.14. The SMILES string of the molecule is c1ccc(-c2noc3c2CCc2ccccc2-3)cc1. The number of hydrogen-bond donors (Lipinski definition) is 0. The highest BCUT2D eigenvalue weighted by Crippen LogP contribution is 2.38. The molecule has 1 aromatic heterocycles. The van der Waals surface area contributed by atoms with Gasteiger partial charge in [0.05, 0.1) is 0 Å². The number of aryl methyl sites for hydroxylation is 1. The molecule has 19 heavy (non-hydrogen) atoms. The van der Waals surface area contributed by atoms with E-state index in [4.69, 9.17) is 4.52 Å². The Hall–Kier alpha value is -2.35. The Balaban J connectivity index is 1.91. The molecule has 2 aromatic carbocycles. The number of nitrogens with zero attached hydrogens (tertiary/aromatic N) is 1. The first-order valence-electron chi connectivity index (χ1n) is 6.56. The van der Waals surface area contributed by atoms with E-state index in [0.717, 1.165) is 29.9 Å². The van der Waals surface area contributed by atoms with Crippen LogP contribution in [0.1, 0.15) is 11.1 Å². The Bertz CT molecular complexity index is 715. The van der Waals surface area contributed by atoms with Crippen molar-refractivity contribution in [1.82, 2.24) is 5.16 Å². The molecule has 1 heterocycles. The second-order valence-electron chi connectivity index (χ2n) is 4.86. The van der Waals surface area contributed by atoms with Crippen LogP contribution in [0, 0.1) is 0 Å². The van der Waals surface area contributed by atoms with Gasteiger partial charge in [0.2, 0.25) is 0 Å². The van der Waals surface area contributed by atoms with Crippen LogP contribution in [0.25, 0.3) is 22.6 Å². The van der Waals surface area contributed by atoms with Gasteiger partial charge in [-0.3, -0.25) is 0 Å². The number of hydrogen-bond acceptors (Lipinski definition) is 2. The Morgan fingerprint density at radius 3 is 2.53 bits per heavy atom. The summed E-state index contributed by atoms with van der Waals surface area (Å²) in [4.78, 5) is 0. The Labute approximate surface area is 111 Å². The number of benzene rings is 2. The molecule has 0 unspecified atom stereocenters. The van der Waals surface area contributed by atoms with Gasteiger partial charge in [0, 0.05) is 16.7 Å². The summed E-state index contributed by atoms with van der Waals surface area (Å²) in [6.07, 6.45) is 2.06. The third kappa shape index (κ3) is 1.60. The van der Waals surface area contributed by atoms with E-state index in [2.05, 4.69) is 41.6 Å². The van der Waals surface area contributed by atoms with Crippen molar-refractivity contribution < 1.29 is 4.52 Å². The summed E-state index contributed by atoms with van der Waals surface area (Å²) in [5.74, 6) is 0.945. The molecule has 0 N–H and O–H groups in total. The first-order chi connectivity index (χ1) is 9.43. The van der Waals surface area contributed by atoms with Crippen molar-refractivity contribution in [2.24, 2.45) is 0 Å². The molecule has 1 aliphatic carbocycles. The second-order valence-corrected chi connectivity index (χ2v) is 4.86. The number of rotatable bonds is 1. The zero-order valence-electron chi connectivity index (χ0n) is 10.5. The lowest BCUT2D eigenvalue weighted by Crippen LogP contribution is -2.02. The van der Waals surface area contributed by atoms with Crippen LogP contribution in [0.2, 0.25) is 0 Å². The van der Waals surface area contributed by atoms with Crippen LogP contribution in [0.4, 0.5) is 0 Å². The molecule has 2 heteroatoms. The summed E-state index contributed by atoms with van der Waals surface area (Å²) < 4.78 is 5.62. The first-order valence-corrected chi connectivity index (χ1v) is 6.56. The predicted octanol–water partition coefficient (Wildman–Crippen LogP) is 4.11. The maximum Gasteiger partial charge on any atom is 0.170 e. The molecule has 0 amide bonds. The molecule has 92 valence electrons. The molecule has 3 aromatic rings. The summed E-state index contributed by atoms with van der Waals surface area (Å²) >= 11 is 0. The van der Waals surface area contributed by atoms with Crippen molar-refractivity contribution in [3.63, 3.8) is 0 Å². The van der Waals surface area contributed by atoms with E-state index in [1.54, 1.807) is 0 Å². The molecular formula is C17H13NO. The molecule has 1 aliphatic rings. The van der Waals surface area contributed by atoms with Gasteiger partial charge in [0.15, 0.2) is 5.76 Å². The topological polar surface area (TPSA) is 26.0 Å². The van der Waals surface area contributed by atoms with Crippen molar-refractivity contribution in [2.75, 3.05) is 0 Å². The van der Waals surface area contributed by atoms with Gasteiger partial charge in [-0.15, -0.1) is 0 Å². The number of fused-ring (bicyclic) bond motifs is 3. The highest BCUT2D eigenvalue weighted by Gasteiger charge is 2.24. The third-order valence-electron chi connectivity index (χ3n) is 3.74. The standard InChI is InChI=1S/C17H13NO/c1-2-7-13(8-3-1)16-15-11-10-12-6-4-5-9-14(12)17(15)19-18-16/h1-9H,10-11H2. The summed E-state index contributed by atoms with van der Waals surface area (Å²) in [7, 11) is 0. The molecule has 0 bridgehead atoms. The van der Waals surface area contributed by atoms with E-state index in [0.29, 0.717) is 0 Å². The molecule has 0 atom stereocenters. The third-order valence-corrected chi connectivity index (χ3v) is 3.74. The molecule has 0 saturated carbocycles. The van der Waals surface area contributed by atoms with Gasteiger partial charge in [-0.2, -0.15) is 0 Å². The van der Waals surface area contributed by atoms with Gasteiger partial charge in [-0.05, 0) is 18.4 Å². The number of aromatic nitrogens is 1. The van der Waals surface area contributed by atoms with Gasteiger partial charge in [0.25, 0.3) is 0 Å². The average molecular weight is 247 g/mol. The van der Waals surface area contributed by atoms with E-state index in [1.807, 2.05) is 18.2 Å². The molecule has 0 radical (unpaired) electrons. The zero-order valence-corrected chi connectivity index (χ0v) is 10.5.